The number of fused-ring (bicyclic) bond motifs is 1. The van der Waals surface area contributed by atoms with Crippen LogP contribution in [-0.2, 0) is 4.79 Å². The highest BCUT2D eigenvalue weighted by molar-refractivity contribution is 7.22. The van der Waals surface area contributed by atoms with Gasteiger partial charge in [-0.2, -0.15) is 0 Å². The fraction of sp³-hybridized carbons (Fsp3) is 0.579. The summed E-state index contributed by atoms with van der Waals surface area (Å²) in [5, 5.41) is 1.01. The van der Waals surface area contributed by atoms with Crippen LogP contribution < -0.4 is 9.64 Å². The Balaban J connectivity index is 1.52. The SMILES string of the molecule is COc1cccc2sc(N3CCCC(C(=O)N4CCCCC4)C3)nc12. The number of benzene rings is 1. The Labute approximate surface area is 152 Å². The molecule has 6 heteroatoms. The Morgan fingerprint density at radius 2 is 2.04 bits per heavy atom. The van der Waals surface area contributed by atoms with Gasteiger partial charge >= 0.3 is 0 Å². The molecule has 1 aromatic heterocycles. The molecule has 0 aliphatic carbocycles. The standard InChI is InChI=1S/C19H25N3O2S/c1-24-15-8-5-9-16-17(15)20-19(25-16)22-12-6-7-14(13-22)18(23)21-10-3-2-4-11-21/h5,8-9,14H,2-4,6-7,10-13H2,1H3. The van der Waals surface area contributed by atoms with Gasteiger partial charge in [0.15, 0.2) is 5.13 Å². The number of rotatable bonds is 3. The molecule has 1 amide bonds. The number of aromatic nitrogens is 1. The summed E-state index contributed by atoms with van der Waals surface area (Å²) in [5.74, 6) is 1.28. The van der Waals surface area contributed by atoms with E-state index < -0.39 is 0 Å². The van der Waals surface area contributed by atoms with Crippen LogP contribution in [0.2, 0.25) is 0 Å². The van der Waals surface area contributed by atoms with Gasteiger partial charge in [0.2, 0.25) is 5.91 Å². The zero-order valence-electron chi connectivity index (χ0n) is 14.7. The smallest absolute Gasteiger partial charge is 0.227 e. The number of hydrogen-bond acceptors (Lipinski definition) is 5. The molecule has 0 bridgehead atoms. The number of carbonyl (C=O) groups excluding carboxylic acids is 1. The Morgan fingerprint density at radius 3 is 2.84 bits per heavy atom. The van der Waals surface area contributed by atoms with Crippen LogP contribution in [0, 0.1) is 5.92 Å². The fourth-order valence-corrected chi connectivity index (χ4v) is 4.95. The Morgan fingerprint density at radius 1 is 1.20 bits per heavy atom. The topological polar surface area (TPSA) is 45.7 Å². The van der Waals surface area contributed by atoms with Gasteiger partial charge in [-0.05, 0) is 44.2 Å². The van der Waals surface area contributed by atoms with Gasteiger partial charge in [0.25, 0.3) is 0 Å². The van der Waals surface area contributed by atoms with E-state index in [2.05, 4.69) is 15.9 Å². The van der Waals surface area contributed by atoms with E-state index in [1.807, 2.05) is 12.1 Å². The molecule has 134 valence electrons. The molecule has 0 spiro atoms. The molecule has 3 heterocycles. The van der Waals surface area contributed by atoms with Crippen LogP contribution in [0.5, 0.6) is 5.75 Å². The summed E-state index contributed by atoms with van der Waals surface area (Å²) < 4.78 is 6.57. The normalized spacial score (nSPS) is 21.6. The van der Waals surface area contributed by atoms with Gasteiger partial charge in [-0.1, -0.05) is 17.4 Å². The number of likely N-dealkylation sites (tertiary alicyclic amines) is 1. The van der Waals surface area contributed by atoms with Gasteiger partial charge in [-0.15, -0.1) is 0 Å². The number of para-hydroxylation sites is 1. The highest BCUT2D eigenvalue weighted by Crippen LogP contribution is 2.35. The van der Waals surface area contributed by atoms with Gasteiger partial charge in [0, 0.05) is 26.2 Å². The lowest BCUT2D eigenvalue weighted by Crippen LogP contribution is -2.46. The fourth-order valence-electron chi connectivity index (χ4n) is 3.94. The second-order valence-electron chi connectivity index (χ2n) is 6.97. The van der Waals surface area contributed by atoms with Gasteiger partial charge in [0.1, 0.15) is 11.3 Å². The van der Waals surface area contributed by atoms with Crippen LogP contribution in [0.3, 0.4) is 0 Å². The first kappa shape index (κ1) is 16.6. The third-order valence-corrected chi connectivity index (χ3v) is 6.38. The second-order valence-corrected chi connectivity index (χ2v) is 7.98. The van der Waals surface area contributed by atoms with E-state index in [9.17, 15) is 4.79 Å². The number of amides is 1. The van der Waals surface area contributed by atoms with Crippen molar-refractivity contribution in [1.82, 2.24) is 9.88 Å². The molecule has 2 aliphatic heterocycles. The van der Waals surface area contributed by atoms with E-state index in [1.54, 1.807) is 18.4 Å². The van der Waals surface area contributed by atoms with Crippen molar-refractivity contribution in [3.8, 4) is 5.75 Å². The van der Waals surface area contributed by atoms with Gasteiger partial charge in [-0.3, -0.25) is 4.79 Å². The molecule has 0 saturated carbocycles. The van der Waals surface area contributed by atoms with Crippen molar-refractivity contribution >= 4 is 32.6 Å². The molecule has 5 nitrogen and oxygen atoms in total. The quantitative estimate of drug-likeness (QED) is 0.841. The number of carbonyl (C=O) groups is 1. The summed E-state index contributed by atoms with van der Waals surface area (Å²) in [4.78, 5) is 22.0. The van der Waals surface area contributed by atoms with E-state index in [0.29, 0.717) is 5.91 Å². The van der Waals surface area contributed by atoms with E-state index in [4.69, 9.17) is 9.72 Å². The third-order valence-electron chi connectivity index (χ3n) is 5.30. The predicted molar refractivity (Wildman–Crippen MR) is 102 cm³/mol. The zero-order valence-corrected chi connectivity index (χ0v) is 15.6. The van der Waals surface area contributed by atoms with Gasteiger partial charge < -0.3 is 14.5 Å². The minimum absolute atomic E-state index is 0.112. The summed E-state index contributed by atoms with van der Waals surface area (Å²) in [6.45, 7) is 3.64. The first-order valence-corrected chi connectivity index (χ1v) is 10.0. The molecule has 1 atom stereocenters. The number of thiazole rings is 1. The molecule has 0 radical (unpaired) electrons. The minimum atomic E-state index is 0.112. The Bertz CT molecular complexity index is 754. The maximum absolute atomic E-state index is 12.9. The second kappa shape index (κ2) is 7.20. The van der Waals surface area contributed by atoms with Crippen molar-refractivity contribution in [1.29, 1.82) is 0 Å². The Hall–Kier alpha value is -1.82. The van der Waals surface area contributed by atoms with E-state index >= 15 is 0 Å². The van der Waals surface area contributed by atoms with Crippen molar-refractivity contribution in [2.75, 3.05) is 38.2 Å². The van der Waals surface area contributed by atoms with Crippen LogP contribution >= 0.6 is 11.3 Å². The molecular formula is C19H25N3O2S. The molecule has 2 fully saturated rings. The van der Waals surface area contributed by atoms with Crippen molar-refractivity contribution in [3.05, 3.63) is 18.2 Å². The molecule has 2 aliphatic rings. The van der Waals surface area contributed by atoms with Crippen molar-refractivity contribution < 1.29 is 9.53 Å². The monoisotopic (exact) mass is 359 g/mol. The summed E-state index contributed by atoms with van der Waals surface area (Å²) in [6.07, 6.45) is 5.62. The maximum Gasteiger partial charge on any atom is 0.227 e. The largest absolute Gasteiger partial charge is 0.494 e. The molecule has 1 unspecified atom stereocenters. The summed E-state index contributed by atoms with van der Waals surface area (Å²) in [5.41, 5.74) is 0.925. The average molecular weight is 359 g/mol. The molecule has 25 heavy (non-hydrogen) atoms. The first-order chi connectivity index (χ1) is 12.3. The van der Waals surface area contributed by atoms with Gasteiger partial charge in [0.05, 0.1) is 17.7 Å². The lowest BCUT2D eigenvalue weighted by Gasteiger charge is -2.36. The van der Waals surface area contributed by atoms with Crippen LogP contribution in [-0.4, -0.2) is 49.1 Å². The summed E-state index contributed by atoms with van der Waals surface area (Å²) in [7, 11) is 1.68. The van der Waals surface area contributed by atoms with Crippen molar-refractivity contribution in [3.63, 3.8) is 0 Å². The highest BCUT2D eigenvalue weighted by Gasteiger charge is 2.31. The lowest BCUT2D eigenvalue weighted by molar-refractivity contribution is -0.136. The van der Waals surface area contributed by atoms with Crippen LogP contribution in [0.15, 0.2) is 18.2 Å². The summed E-state index contributed by atoms with van der Waals surface area (Å²) >= 11 is 1.69. The number of methoxy groups -OCH3 is 1. The number of nitrogens with zero attached hydrogens (tertiary/aromatic N) is 3. The van der Waals surface area contributed by atoms with E-state index in [-0.39, 0.29) is 5.92 Å². The average Bonchev–Trinajstić information content (AvgIpc) is 3.12. The number of hydrogen-bond donors (Lipinski definition) is 0. The first-order valence-electron chi connectivity index (χ1n) is 9.23. The van der Waals surface area contributed by atoms with Crippen LogP contribution in [0.25, 0.3) is 10.2 Å². The third kappa shape index (κ3) is 3.32. The van der Waals surface area contributed by atoms with Crippen molar-refractivity contribution in [2.45, 2.75) is 32.1 Å². The number of piperidine rings is 2. The minimum Gasteiger partial charge on any atom is -0.494 e. The van der Waals surface area contributed by atoms with E-state index in [1.165, 1.54) is 6.42 Å². The maximum atomic E-state index is 12.9. The van der Waals surface area contributed by atoms with Crippen LogP contribution in [0.4, 0.5) is 5.13 Å². The molecule has 0 N–H and O–H groups in total. The molecule has 1 aromatic carbocycles. The predicted octanol–water partition coefficient (Wildman–Crippen LogP) is 3.53. The molecule has 2 saturated heterocycles. The molecular weight excluding hydrogens is 334 g/mol. The summed E-state index contributed by atoms with van der Waals surface area (Å²) in [6, 6.07) is 6.03. The van der Waals surface area contributed by atoms with Crippen molar-refractivity contribution in [2.24, 2.45) is 5.92 Å². The van der Waals surface area contributed by atoms with Crippen LogP contribution in [0.1, 0.15) is 32.1 Å². The zero-order chi connectivity index (χ0) is 17.2. The highest BCUT2D eigenvalue weighted by atomic mass is 32.1. The van der Waals surface area contributed by atoms with E-state index in [0.717, 1.165) is 73.0 Å². The van der Waals surface area contributed by atoms with Gasteiger partial charge in [-0.25, -0.2) is 4.98 Å². The Kier molecular flexibility index (Phi) is 4.79. The lowest BCUT2D eigenvalue weighted by atomic mass is 9.96. The molecule has 2 aromatic rings. The molecule has 4 rings (SSSR count). The number of ether oxygens (including phenoxy) is 1. The number of anilines is 1.